The second-order valence-corrected chi connectivity index (χ2v) is 5.47. The molecule has 0 aromatic heterocycles. The maximum absolute atomic E-state index is 11.0. The molecule has 0 rings (SSSR count). The summed E-state index contributed by atoms with van der Waals surface area (Å²) in [6, 6.07) is 0. The molecule has 0 aliphatic rings. The highest BCUT2D eigenvalue weighted by Crippen LogP contribution is 2.07. The zero-order chi connectivity index (χ0) is 16.1. The van der Waals surface area contributed by atoms with E-state index in [0.717, 1.165) is 38.3 Å². The minimum atomic E-state index is -0.261. The third-order valence-electron chi connectivity index (χ3n) is 3.09. The van der Waals surface area contributed by atoms with Crippen molar-refractivity contribution in [3.8, 4) is 0 Å². The summed E-state index contributed by atoms with van der Waals surface area (Å²) in [4.78, 5) is 15.5. The van der Waals surface area contributed by atoms with Crippen molar-refractivity contribution in [1.29, 1.82) is 0 Å². The number of esters is 1. The zero-order valence-electron chi connectivity index (χ0n) is 14.1. The lowest BCUT2D eigenvalue weighted by Gasteiger charge is -2.21. The Morgan fingerprint density at radius 1 is 1.14 bits per heavy atom. The van der Waals surface area contributed by atoms with Crippen LogP contribution in [0.3, 0.4) is 0 Å². The molecular weight excluding hydrogens is 270 g/mol. The number of unbranched alkanes of at least 4 members (excludes halogenated alkanes) is 2. The highest BCUT2D eigenvalue weighted by atomic mass is 16.5. The maximum Gasteiger partial charge on any atom is 0.305 e. The van der Waals surface area contributed by atoms with E-state index in [-0.39, 0.29) is 11.6 Å². The van der Waals surface area contributed by atoms with E-state index < -0.39 is 0 Å². The van der Waals surface area contributed by atoms with Crippen LogP contribution in [0.5, 0.6) is 0 Å². The van der Waals surface area contributed by atoms with Gasteiger partial charge in [-0.3, -0.25) is 9.79 Å². The third-order valence-corrected chi connectivity index (χ3v) is 3.09. The minimum Gasteiger partial charge on any atom is -0.469 e. The molecule has 0 aromatic rings. The van der Waals surface area contributed by atoms with Crippen molar-refractivity contribution < 1.29 is 14.3 Å². The number of carbonyl (C=O) groups excluding carboxylic acids is 1. The molecule has 0 spiro atoms. The Balaban J connectivity index is 3.94. The van der Waals surface area contributed by atoms with Crippen molar-refractivity contribution in [2.45, 2.75) is 52.1 Å². The molecule has 0 heterocycles. The van der Waals surface area contributed by atoms with Gasteiger partial charge in [-0.25, -0.2) is 0 Å². The first-order chi connectivity index (χ1) is 9.95. The summed E-state index contributed by atoms with van der Waals surface area (Å²) < 4.78 is 9.96. The van der Waals surface area contributed by atoms with Crippen LogP contribution in [0.4, 0.5) is 0 Å². The summed E-state index contributed by atoms with van der Waals surface area (Å²) >= 11 is 0. The van der Waals surface area contributed by atoms with E-state index in [1.165, 1.54) is 7.11 Å². The van der Waals surface area contributed by atoms with Crippen molar-refractivity contribution >= 4 is 11.9 Å². The maximum atomic E-state index is 11.0. The number of ether oxygens (including phenoxy) is 2. The Morgan fingerprint density at radius 3 is 2.43 bits per heavy atom. The Labute approximate surface area is 128 Å². The number of nitrogens with zero attached hydrogens (tertiary/aromatic N) is 1. The summed E-state index contributed by atoms with van der Waals surface area (Å²) in [7, 11) is 3.11. The molecule has 0 saturated carbocycles. The fourth-order valence-corrected chi connectivity index (χ4v) is 1.56. The number of hydrogen-bond donors (Lipinski definition) is 2. The van der Waals surface area contributed by atoms with E-state index in [9.17, 15) is 4.79 Å². The number of aliphatic imine (C=N–C) groups is 1. The smallest absolute Gasteiger partial charge is 0.305 e. The van der Waals surface area contributed by atoms with E-state index >= 15 is 0 Å². The van der Waals surface area contributed by atoms with Crippen LogP contribution in [0.1, 0.15) is 46.5 Å². The van der Waals surface area contributed by atoms with E-state index in [1.807, 2.05) is 20.8 Å². The van der Waals surface area contributed by atoms with Gasteiger partial charge in [-0.1, -0.05) is 6.42 Å². The second kappa shape index (κ2) is 11.4. The van der Waals surface area contributed by atoms with E-state index in [0.29, 0.717) is 13.0 Å². The van der Waals surface area contributed by atoms with E-state index in [4.69, 9.17) is 4.74 Å². The first kappa shape index (κ1) is 19.7. The fraction of sp³-hybridized carbons (Fsp3) is 0.867. The van der Waals surface area contributed by atoms with Crippen molar-refractivity contribution in [2.24, 2.45) is 4.99 Å². The first-order valence-corrected chi connectivity index (χ1v) is 7.59. The topological polar surface area (TPSA) is 72.0 Å². The normalized spacial score (nSPS) is 12.1. The Morgan fingerprint density at radius 2 is 1.86 bits per heavy atom. The van der Waals surface area contributed by atoms with E-state index in [1.54, 1.807) is 7.11 Å². The van der Waals surface area contributed by atoms with Crippen LogP contribution in [0.2, 0.25) is 0 Å². The molecule has 0 saturated heterocycles. The summed E-state index contributed by atoms with van der Waals surface area (Å²) in [5.74, 6) is 0.662. The molecule has 0 amide bonds. The number of carbonyl (C=O) groups is 1. The van der Waals surface area contributed by atoms with Gasteiger partial charge in [0, 0.05) is 26.6 Å². The highest BCUT2D eigenvalue weighted by Gasteiger charge is 2.15. The van der Waals surface area contributed by atoms with Gasteiger partial charge in [0.2, 0.25) is 0 Å². The summed E-state index contributed by atoms with van der Waals surface area (Å²) in [5, 5.41) is 6.49. The van der Waals surface area contributed by atoms with Gasteiger partial charge < -0.3 is 20.1 Å². The highest BCUT2D eigenvalue weighted by molar-refractivity contribution is 5.79. The van der Waals surface area contributed by atoms with Gasteiger partial charge in [0.1, 0.15) is 0 Å². The standard InChI is InChI=1S/C15H31N3O3/c1-6-16-14(18-12-15(2,3)21-5)17-11-9-7-8-10-13(19)20-4/h6-12H2,1-5H3,(H2,16,17,18). The number of hydrogen-bond acceptors (Lipinski definition) is 4. The van der Waals surface area contributed by atoms with Gasteiger partial charge in [0.15, 0.2) is 5.96 Å². The summed E-state index contributed by atoms with van der Waals surface area (Å²) in [5.41, 5.74) is -0.261. The molecule has 0 aliphatic heterocycles. The first-order valence-electron chi connectivity index (χ1n) is 7.59. The second-order valence-electron chi connectivity index (χ2n) is 5.47. The van der Waals surface area contributed by atoms with E-state index in [2.05, 4.69) is 20.4 Å². The zero-order valence-corrected chi connectivity index (χ0v) is 14.1. The van der Waals surface area contributed by atoms with Crippen LogP contribution >= 0.6 is 0 Å². The van der Waals surface area contributed by atoms with Crippen LogP contribution in [0.25, 0.3) is 0 Å². The molecule has 0 bridgehead atoms. The molecule has 0 aliphatic carbocycles. The lowest BCUT2D eigenvalue weighted by atomic mass is 10.1. The molecule has 21 heavy (non-hydrogen) atoms. The SMILES string of the molecule is CCNC(=NCC(C)(C)OC)NCCCCCC(=O)OC. The van der Waals surface area contributed by atoms with Gasteiger partial charge in [-0.15, -0.1) is 0 Å². The van der Waals surface area contributed by atoms with Crippen molar-refractivity contribution in [3.63, 3.8) is 0 Å². The predicted molar refractivity (Wildman–Crippen MR) is 85.6 cm³/mol. The average molecular weight is 301 g/mol. The largest absolute Gasteiger partial charge is 0.469 e. The van der Waals surface area contributed by atoms with Gasteiger partial charge in [-0.05, 0) is 33.6 Å². The van der Waals surface area contributed by atoms with Crippen molar-refractivity contribution in [1.82, 2.24) is 10.6 Å². The summed E-state index contributed by atoms with van der Waals surface area (Å²) in [6.45, 7) is 8.30. The molecule has 124 valence electrons. The van der Waals surface area contributed by atoms with Crippen molar-refractivity contribution in [2.75, 3.05) is 33.9 Å². The molecule has 6 nitrogen and oxygen atoms in total. The average Bonchev–Trinajstić information content (AvgIpc) is 2.47. The monoisotopic (exact) mass is 301 g/mol. The predicted octanol–water partition coefficient (Wildman–Crippen LogP) is 1.70. The molecule has 0 radical (unpaired) electrons. The van der Waals surface area contributed by atoms with Gasteiger partial charge in [0.25, 0.3) is 0 Å². The molecule has 0 aromatic carbocycles. The van der Waals surface area contributed by atoms with Crippen LogP contribution in [0.15, 0.2) is 4.99 Å². The Kier molecular flexibility index (Phi) is 10.7. The summed E-state index contributed by atoms with van der Waals surface area (Å²) in [6.07, 6.45) is 3.34. The molecular formula is C15H31N3O3. The molecule has 0 fully saturated rings. The van der Waals surface area contributed by atoms with Gasteiger partial charge in [-0.2, -0.15) is 0 Å². The third kappa shape index (κ3) is 11.1. The van der Waals surface area contributed by atoms with Crippen LogP contribution < -0.4 is 10.6 Å². The Hall–Kier alpha value is -1.30. The van der Waals surface area contributed by atoms with Gasteiger partial charge in [0.05, 0.1) is 19.3 Å². The Bertz CT molecular complexity index is 317. The van der Waals surface area contributed by atoms with Crippen molar-refractivity contribution in [3.05, 3.63) is 0 Å². The molecule has 6 heteroatoms. The molecule has 0 unspecified atom stereocenters. The number of guanidine groups is 1. The number of methoxy groups -OCH3 is 2. The molecule has 2 N–H and O–H groups in total. The van der Waals surface area contributed by atoms with Crippen LogP contribution in [-0.4, -0.2) is 51.4 Å². The van der Waals surface area contributed by atoms with Crippen LogP contribution in [-0.2, 0) is 14.3 Å². The minimum absolute atomic E-state index is 0.139. The fourth-order valence-electron chi connectivity index (χ4n) is 1.56. The number of rotatable bonds is 10. The van der Waals surface area contributed by atoms with Crippen LogP contribution in [0, 0.1) is 0 Å². The van der Waals surface area contributed by atoms with Gasteiger partial charge >= 0.3 is 5.97 Å². The number of nitrogens with one attached hydrogen (secondary N) is 2. The lowest BCUT2D eigenvalue weighted by molar-refractivity contribution is -0.140. The lowest BCUT2D eigenvalue weighted by Crippen LogP contribution is -2.39. The molecule has 0 atom stereocenters. The quantitative estimate of drug-likeness (QED) is 0.278.